The van der Waals surface area contributed by atoms with E-state index in [0.29, 0.717) is 6.42 Å². The first-order valence-corrected chi connectivity index (χ1v) is 29.5. The molecule has 0 spiro atoms. The predicted octanol–water partition coefficient (Wildman–Crippen LogP) is 18.3. The van der Waals surface area contributed by atoms with Crippen LogP contribution >= 0.6 is 0 Å². The lowest BCUT2D eigenvalue weighted by atomic mass is 10.0. The minimum absolute atomic E-state index is 0.0197. The molecule has 1 amide bonds. The third-order valence-corrected chi connectivity index (χ3v) is 14.1. The number of carbonyl (C=O) groups is 1. The topological polar surface area (TPSA) is 89.8 Å². The average molecular weight is 905 g/mol. The molecule has 0 aromatic rings. The molecule has 0 aromatic heterocycles. The zero-order chi connectivity index (χ0) is 46.5. The molecule has 4 N–H and O–H groups in total. The number of allylic oxidation sites excluding steroid dienone is 1. The van der Waals surface area contributed by atoms with Crippen molar-refractivity contribution in [1.82, 2.24) is 5.32 Å². The largest absolute Gasteiger partial charge is 0.394 e. The molecule has 64 heavy (non-hydrogen) atoms. The number of rotatable bonds is 55. The highest BCUT2D eigenvalue weighted by molar-refractivity contribution is 5.76. The second-order valence-corrected chi connectivity index (χ2v) is 20.6. The van der Waals surface area contributed by atoms with Crippen LogP contribution in [-0.4, -0.2) is 46.1 Å². The van der Waals surface area contributed by atoms with Crippen molar-refractivity contribution in [3.8, 4) is 0 Å². The fourth-order valence-electron chi connectivity index (χ4n) is 9.58. The molecule has 0 fully saturated rings. The lowest BCUT2D eigenvalue weighted by Gasteiger charge is -2.21. The SMILES string of the molecule is CCCCCCCCCCCCCCCCCCCCCC/C=C/C(O)C(CO)NC(=O)CC(O)CCCCCCCCCCCCCCCCCCCCCCCCCCCCC. The van der Waals surface area contributed by atoms with Gasteiger partial charge in [-0.1, -0.05) is 321 Å². The number of aliphatic hydroxyl groups is 3. The Labute approximate surface area is 401 Å². The number of nitrogens with one attached hydrogen (secondary N) is 1. The smallest absolute Gasteiger partial charge is 0.222 e. The molecule has 0 aromatic carbocycles. The summed E-state index contributed by atoms with van der Waals surface area (Å²) in [4.78, 5) is 12.5. The number of carbonyl (C=O) groups excluding carboxylic acids is 1. The normalized spacial score (nSPS) is 13.3. The molecule has 0 saturated carbocycles. The monoisotopic (exact) mass is 904 g/mol. The van der Waals surface area contributed by atoms with Crippen molar-refractivity contribution >= 4 is 5.91 Å². The fourth-order valence-corrected chi connectivity index (χ4v) is 9.58. The van der Waals surface area contributed by atoms with E-state index in [-0.39, 0.29) is 18.9 Å². The molecule has 0 bridgehead atoms. The summed E-state index contributed by atoms with van der Waals surface area (Å²) in [5.74, 6) is -0.307. The van der Waals surface area contributed by atoms with Gasteiger partial charge in [-0.05, 0) is 19.3 Å². The van der Waals surface area contributed by atoms with Crippen molar-refractivity contribution in [2.24, 2.45) is 0 Å². The number of aliphatic hydroxyl groups excluding tert-OH is 3. The summed E-state index contributed by atoms with van der Waals surface area (Å²) in [6, 6.07) is -0.741. The molecule has 0 saturated heterocycles. The van der Waals surface area contributed by atoms with Crippen LogP contribution < -0.4 is 5.32 Å². The lowest BCUT2D eigenvalue weighted by molar-refractivity contribution is -0.124. The first-order valence-electron chi connectivity index (χ1n) is 29.5. The number of hydrogen-bond donors (Lipinski definition) is 4. The van der Waals surface area contributed by atoms with E-state index >= 15 is 0 Å². The Bertz CT molecular complexity index is 909. The van der Waals surface area contributed by atoms with E-state index in [2.05, 4.69) is 19.2 Å². The van der Waals surface area contributed by atoms with E-state index in [1.165, 1.54) is 283 Å². The van der Waals surface area contributed by atoms with Crippen LogP contribution in [0.25, 0.3) is 0 Å². The van der Waals surface area contributed by atoms with E-state index < -0.39 is 18.2 Å². The first kappa shape index (κ1) is 63.1. The summed E-state index contributed by atoms with van der Waals surface area (Å²) in [5.41, 5.74) is 0. The highest BCUT2D eigenvalue weighted by Gasteiger charge is 2.20. The summed E-state index contributed by atoms with van der Waals surface area (Å²) < 4.78 is 0. The Morgan fingerprint density at radius 1 is 0.391 bits per heavy atom. The second kappa shape index (κ2) is 54.7. The van der Waals surface area contributed by atoms with E-state index in [1.807, 2.05) is 6.08 Å². The van der Waals surface area contributed by atoms with Gasteiger partial charge in [-0.2, -0.15) is 0 Å². The number of hydrogen-bond acceptors (Lipinski definition) is 4. The van der Waals surface area contributed by atoms with Crippen LogP contribution in [0.1, 0.15) is 335 Å². The van der Waals surface area contributed by atoms with Gasteiger partial charge in [0.15, 0.2) is 0 Å². The molecular formula is C59H117NO4. The van der Waals surface area contributed by atoms with Crippen LogP contribution in [0.2, 0.25) is 0 Å². The van der Waals surface area contributed by atoms with E-state index in [9.17, 15) is 20.1 Å². The van der Waals surface area contributed by atoms with Crippen LogP contribution in [0.3, 0.4) is 0 Å². The van der Waals surface area contributed by atoms with Crippen LogP contribution in [0, 0.1) is 0 Å². The summed E-state index contributed by atoms with van der Waals surface area (Å²) in [5, 5.41) is 33.5. The summed E-state index contributed by atoms with van der Waals surface area (Å²) in [6.07, 6.45) is 68.4. The van der Waals surface area contributed by atoms with Crippen molar-refractivity contribution in [2.45, 2.75) is 353 Å². The van der Waals surface area contributed by atoms with E-state index in [1.54, 1.807) is 6.08 Å². The zero-order valence-electron chi connectivity index (χ0n) is 43.7. The minimum Gasteiger partial charge on any atom is -0.394 e. The van der Waals surface area contributed by atoms with Crippen molar-refractivity contribution in [3.63, 3.8) is 0 Å². The van der Waals surface area contributed by atoms with Crippen molar-refractivity contribution < 1.29 is 20.1 Å². The lowest BCUT2D eigenvalue weighted by Crippen LogP contribution is -2.45. The molecule has 3 unspecified atom stereocenters. The third kappa shape index (κ3) is 50.5. The predicted molar refractivity (Wildman–Crippen MR) is 282 cm³/mol. The van der Waals surface area contributed by atoms with Gasteiger partial charge in [0.05, 0.1) is 31.3 Å². The maximum Gasteiger partial charge on any atom is 0.222 e. The molecule has 3 atom stereocenters. The third-order valence-electron chi connectivity index (χ3n) is 14.1. The van der Waals surface area contributed by atoms with Gasteiger partial charge < -0.3 is 20.6 Å². The maximum atomic E-state index is 12.5. The average Bonchev–Trinajstić information content (AvgIpc) is 3.29. The van der Waals surface area contributed by atoms with E-state index in [0.717, 1.165) is 25.7 Å². The molecule has 382 valence electrons. The summed E-state index contributed by atoms with van der Waals surface area (Å²) in [7, 11) is 0. The Morgan fingerprint density at radius 3 is 0.906 bits per heavy atom. The maximum absolute atomic E-state index is 12.5. The Hall–Kier alpha value is -0.910. The van der Waals surface area contributed by atoms with Gasteiger partial charge in [0.25, 0.3) is 0 Å². The van der Waals surface area contributed by atoms with Gasteiger partial charge in [0.1, 0.15) is 0 Å². The van der Waals surface area contributed by atoms with Gasteiger partial charge in [-0.15, -0.1) is 0 Å². The van der Waals surface area contributed by atoms with Crippen LogP contribution in [0.5, 0.6) is 0 Å². The molecule has 0 radical (unpaired) electrons. The minimum atomic E-state index is -0.926. The summed E-state index contributed by atoms with van der Waals surface area (Å²) >= 11 is 0. The first-order chi connectivity index (χ1) is 31.5. The Kier molecular flexibility index (Phi) is 53.9. The molecule has 0 rings (SSSR count). The second-order valence-electron chi connectivity index (χ2n) is 20.6. The van der Waals surface area contributed by atoms with Crippen LogP contribution in [0.15, 0.2) is 12.2 Å². The Morgan fingerprint density at radius 2 is 0.641 bits per heavy atom. The fraction of sp³-hybridized carbons (Fsp3) is 0.949. The number of amides is 1. The van der Waals surface area contributed by atoms with Crippen LogP contribution in [0.4, 0.5) is 0 Å². The Balaban J connectivity index is 3.51. The van der Waals surface area contributed by atoms with Gasteiger partial charge in [-0.25, -0.2) is 0 Å². The van der Waals surface area contributed by atoms with Gasteiger partial charge in [0, 0.05) is 0 Å². The van der Waals surface area contributed by atoms with E-state index in [4.69, 9.17) is 0 Å². The zero-order valence-corrected chi connectivity index (χ0v) is 43.7. The van der Waals surface area contributed by atoms with Crippen molar-refractivity contribution in [2.75, 3.05) is 6.61 Å². The molecule has 0 heterocycles. The molecule has 0 aliphatic heterocycles. The molecule has 5 nitrogen and oxygen atoms in total. The van der Waals surface area contributed by atoms with Gasteiger partial charge >= 0.3 is 0 Å². The highest BCUT2D eigenvalue weighted by atomic mass is 16.3. The van der Waals surface area contributed by atoms with Crippen molar-refractivity contribution in [3.05, 3.63) is 12.2 Å². The molecular weight excluding hydrogens is 787 g/mol. The molecule has 0 aliphatic carbocycles. The molecule has 0 aliphatic rings. The van der Waals surface area contributed by atoms with Crippen LogP contribution in [-0.2, 0) is 4.79 Å². The van der Waals surface area contributed by atoms with Crippen molar-refractivity contribution in [1.29, 1.82) is 0 Å². The molecule has 5 heteroatoms. The summed E-state index contributed by atoms with van der Waals surface area (Å²) in [6.45, 7) is 4.26. The standard InChI is InChI=1S/C59H117NO4/c1-3-5-7-9-11-13-15-17-19-21-23-25-27-28-29-30-31-32-34-36-38-40-42-44-46-48-50-52-56(62)54-59(64)60-57(55-61)58(63)53-51-49-47-45-43-41-39-37-35-33-26-24-22-20-18-16-14-12-10-8-6-4-2/h51,53,56-58,61-63H,3-50,52,54-55H2,1-2H3,(H,60,64)/b53-51+. The van der Waals surface area contributed by atoms with Gasteiger partial charge in [-0.3, -0.25) is 4.79 Å². The number of unbranched alkanes of at least 4 members (excludes halogenated alkanes) is 46. The van der Waals surface area contributed by atoms with Gasteiger partial charge in [0.2, 0.25) is 5.91 Å². The quantitative estimate of drug-likeness (QED) is 0.0362. The highest BCUT2D eigenvalue weighted by Crippen LogP contribution is 2.18.